The van der Waals surface area contributed by atoms with Crippen LogP contribution in [0.15, 0.2) is 60.7 Å². The molecule has 0 spiro atoms. The first-order chi connectivity index (χ1) is 9.75. The van der Waals surface area contributed by atoms with Crippen LogP contribution in [0.2, 0.25) is 0 Å². The highest BCUT2D eigenvalue weighted by Gasteiger charge is 2.07. The summed E-state index contributed by atoms with van der Waals surface area (Å²) in [6.07, 6.45) is 0.369. The molecule has 0 aliphatic heterocycles. The number of hydrogen-bond donors (Lipinski definition) is 2. The van der Waals surface area contributed by atoms with Gasteiger partial charge in [0.1, 0.15) is 0 Å². The molecule has 0 radical (unpaired) electrons. The van der Waals surface area contributed by atoms with Crippen molar-refractivity contribution in [2.45, 2.75) is 25.4 Å². The third-order valence-electron chi connectivity index (χ3n) is 3.51. The fourth-order valence-electron chi connectivity index (χ4n) is 2.32. The predicted octanol–water partition coefficient (Wildman–Crippen LogP) is 2.98. The highest BCUT2D eigenvalue weighted by molar-refractivity contribution is 5.19. The zero-order valence-electron chi connectivity index (χ0n) is 12.0. The fourth-order valence-corrected chi connectivity index (χ4v) is 2.32. The van der Waals surface area contributed by atoms with Gasteiger partial charge in [-0.1, -0.05) is 67.6 Å². The molecule has 0 bridgehead atoms. The van der Waals surface area contributed by atoms with Crippen molar-refractivity contribution >= 4 is 0 Å². The van der Waals surface area contributed by atoms with E-state index in [-0.39, 0.29) is 6.10 Å². The smallest absolute Gasteiger partial charge is 0.0704 e. The van der Waals surface area contributed by atoms with Gasteiger partial charge >= 0.3 is 0 Å². The van der Waals surface area contributed by atoms with E-state index in [1.165, 1.54) is 11.1 Å². The van der Waals surface area contributed by atoms with E-state index in [9.17, 15) is 5.11 Å². The lowest BCUT2D eigenvalue weighted by molar-refractivity contribution is 0.171. The Labute approximate surface area is 121 Å². The van der Waals surface area contributed by atoms with Crippen LogP contribution < -0.4 is 5.32 Å². The molecule has 2 heteroatoms. The maximum atomic E-state index is 10.0. The van der Waals surface area contributed by atoms with Crippen molar-refractivity contribution in [3.63, 3.8) is 0 Å². The topological polar surface area (TPSA) is 32.3 Å². The SMILES string of the molecule is CC(CNCC(O)Cc1ccccc1)c1ccccc1. The molecule has 0 heterocycles. The Morgan fingerprint density at radius 2 is 1.50 bits per heavy atom. The van der Waals surface area contributed by atoms with E-state index in [0.29, 0.717) is 18.9 Å². The van der Waals surface area contributed by atoms with Crippen LogP contribution in [0.1, 0.15) is 24.0 Å². The minimum absolute atomic E-state index is 0.333. The second-order valence-corrected chi connectivity index (χ2v) is 5.31. The Bertz CT molecular complexity index is 483. The van der Waals surface area contributed by atoms with Gasteiger partial charge in [0, 0.05) is 13.1 Å². The molecule has 2 aromatic carbocycles. The van der Waals surface area contributed by atoms with E-state index < -0.39 is 0 Å². The second-order valence-electron chi connectivity index (χ2n) is 5.31. The van der Waals surface area contributed by atoms with Crippen molar-refractivity contribution in [1.29, 1.82) is 0 Å². The molecular formula is C18H23NO. The Morgan fingerprint density at radius 1 is 0.900 bits per heavy atom. The molecule has 2 nitrogen and oxygen atoms in total. The molecule has 2 aromatic rings. The Kier molecular flexibility index (Phi) is 5.78. The number of aliphatic hydroxyl groups excluding tert-OH is 1. The average molecular weight is 269 g/mol. The minimum Gasteiger partial charge on any atom is -0.391 e. The van der Waals surface area contributed by atoms with Gasteiger partial charge in [-0.25, -0.2) is 0 Å². The molecule has 2 unspecified atom stereocenters. The first kappa shape index (κ1) is 14.8. The lowest BCUT2D eigenvalue weighted by atomic mass is 10.0. The maximum absolute atomic E-state index is 10.0. The van der Waals surface area contributed by atoms with Gasteiger partial charge < -0.3 is 10.4 Å². The second kappa shape index (κ2) is 7.83. The third kappa shape index (κ3) is 4.80. The first-order valence-corrected chi connectivity index (χ1v) is 7.23. The molecule has 20 heavy (non-hydrogen) atoms. The normalized spacial score (nSPS) is 13.9. The third-order valence-corrected chi connectivity index (χ3v) is 3.51. The Morgan fingerprint density at radius 3 is 2.15 bits per heavy atom. The largest absolute Gasteiger partial charge is 0.391 e. The quantitative estimate of drug-likeness (QED) is 0.810. The molecule has 2 rings (SSSR count). The van der Waals surface area contributed by atoms with Crippen LogP contribution >= 0.6 is 0 Å². The lowest BCUT2D eigenvalue weighted by Gasteiger charge is -2.16. The average Bonchev–Trinajstić information content (AvgIpc) is 2.49. The zero-order valence-corrected chi connectivity index (χ0v) is 12.0. The molecule has 2 atom stereocenters. The molecule has 2 N–H and O–H groups in total. The van der Waals surface area contributed by atoms with E-state index in [0.717, 1.165) is 6.54 Å². The number of nitrogens with one attached hydrogen (secondary N) is 1. The summed E-state index contributed by atoms with van der Waals surface area (Å²) in [5.41, 5.74) is 2.51. The van der Waals surface area contributed by atoms with Crippen molar-refractivity contribution in [3.05, 3.63) is 71.8 Å². The molecular weight excluding hydrogens is 246 g/mol. The fraction of sp³-hybridized carbons (Fsp3) is 0.333. The molecule has 0 saturated heterocycles. The summed E-state index contributed by atoms with van der Waals surface area (Å²) in [6.45, 7) is 3.72. The molecule has 0 fully saturated rings. The van der Waals surface area contributed by atoms with Crippen LogP contribution in [0.5, 0.6) is 0 Å². The summed E-state index contributed by atoms with van der Waals surface area (Å²) in [5, 5.41) is 13.4. The molecule has 0 amide bonds. The van der Waals surface area contributed by atoms with Crippen molar-refractivity contribution in [1.82, 2.24) is 5.32 Å². The first-order valence-electron chi connectivity index (χ1n) is 7.23. The highest BCUT2D eigenvalue weighted by Crippen LogP contribution is 2.13. The molecule has 0 aliphatic rings. The molecule has 0 aliphatic carbocycles. The predicted molar refractivity (Wildman–Crippen MR) is 83.9 cm³/mol. The summed E-state index contributed by atoms with van der Waals surface area (Å²) in [5.74, 6) is 0.458. The molecule has 106 valence electrons. The van der Waals surface area contributed by atoms with Crippen LogP contribution in [0.4, 0.5) is 0 Å². The standard InChI is InChI=1S/C18H23NO/c1-15(17-10-6-3-7-11-17)13-19-14-18(20)12-16-8-4-2-5-9-16/h2-11,15,18-20H,12-14H2,1H3. The van der Waals surface area contributed by atoms with E-state index in [1.54, 1.807) is 0 Å². The summed E-state index contributed by atoms with van der Waals surface area (Å²) in [4.78, 5) is 0. The Balaban J connectivity index is 1.70. The zero-order chi connectivity index (χ0) is 14.2. The van der Waals surface area contributed by atoms with Crippen LogP contribution in [0, 0.1) is 0 Å². The number of benzene rings is 2. The monoisotopic (exact) mass is 269 g/mol. The van der Waals surface area contributed by atoms with Crippen molar-refractivity contribution < 1.29 is 5.11 Å². The molecule has 0 saturated carbocycles. The van der Waals surface area contributed by atoms with Gasteiger partial charge in [0.15, 0.2) is 0 Å². The lowest BCUT2D eigenvalue weighted by Crippen LogP contribution is -2.31. The van der Waals surface area contributed by atoms with Gasteiger partial charge in [-0.15, -0.1) is 0 Å². The number of aliphatic hydroxyl groups is 1. The number of rotatable bonds is 7. The summed E-state index contributed by atoms with van der Waals surface area (Å²) in [7, 11) is 0. The van der Waals surface area contributed by atoms with Crippen LogP contribution in [-0.4, -0.2) is 24.3 Å². The van der Waals surface area contributed by atoms with E-state index in [2.05, 4.69) is 48.6 Å². The van der Waals surface area contributed by atoms with E-state index in [1.807, 2.05) is 24.3 Å². The summed E-state index contributed by atoms with van der Waals surface area (Å²) >= 11 is 0. The van der Waals surface area contributed by atoms with Crippen LogP contribution in [0.3, 0.4) is 0 Å². The van der Waals surface area contributed by atoms with Gasteiger partial charge in [0.05, 0.1) is 6.10 Å². The van der Waals surface area contributed by atoms with Crippen LogP contribution in [0.25, 0.3) is 0 Å². The van der Waals surface area contributed by atoms with Gasteiger partial charge in [-0.05, 0) is 23.5 Å². The van der Waals surface area contributed by atoms with Crippen molar-refractivity contribution in [2.75, 3.05) is 13.1 Å². The van der Waals surface area contributed by atoms with Gasteiger partial charge in [-0.3, -0.25) is 0 Å². The van der Waals surface area contributed by atoms with E-state index >= 15 is 0 Å². The summed E-state index contributed by atoms with van der Waals surface area (Å²) in [6, 6.07) is 20.6. The van der Waals surface area contributed by atoms with Gasteiger partial charge in [0.25, 0.3) is 0 Å². The summed E-state index contributed by atoms with van der Waals surface area (Å²) < 4.78 is 0. The minimum atomic E-state index is -0.333. The van der Waals surface area contributed by atoms with Gasteiger partial charge in [-0.2, -0.15) is 0 Å². The number of hydrogen-bond acceptors (Lipinski definition) is 2. The maximum Gasteiger partial charge on any atom is 0.0704 e. The van der Waals surface area contributed by atoms with Crippen molar-refractivity contribution in [2.24, 2.45) is 0 Å². The van der Waals surface area contributed by atoms with E-state index in [4.69, 9.17) is 0 Å². The molecule has 0 aromatic heterocycles. The highest BCUT2D eigenvalue weighted by atomic mass is 16.3. The van der Waals surface area contributed by atoms with Crippen molar-refractivity contribution in [3.8, 4) is 0 Å². The Hall–Kier alpha value is -1.64. The van der Waals surface area contributed by atoms with Crippen LogP contribution in [-0.2, 0) is 6.42 Å². The van der Waals surface area contributed by atoms with Gasteiger partial charge in [0.2, 0.25) is 0 Å².